The molecule has 0 spiro atoms. The highest BCUT2D eigenvalue weighted by Gasteiger charge is 2.28. The molecule has 6 nitrogen and oxygen atoms in total. The van der Waals surface area contributed by atoms with E-state index in [4.69, 9.17) is 11.6 Å². The van der Waals surface area contributed by atoms with Gasteiger partial charge in [-0.2, -0.15) is 5.10 Å². The number of carbonyl (C=O) groups is 1. The number of rotatable bonds is 4. The summed E-state index contributed by atoms with van der Waals surface area (Å²) in [5, 5.41) is 14.5. The lowest BCUT2D eigenvalue weighted by Crippen LogP contribution is -2.32. The lowest BCUT2D eigenvalue weighted by atomic mass is 10.1. The van der Waals surface area contributed by atoms with Gasteiger partial charge in [0.25, 0.3) is 0 Å². The van der Waals surface area contributed by atoms with Gasteiger partial charge in [-0.25, -0.2) is 9.07 Å². The van der Waals surface area contributed by atoms with Crippen LogP contribution in [-0.2, 0) is 11.3 Å². The maximum atomic E-state index is 13.6. The zero-order chi connectivity index (χ0) is 21.4. The van der Waals surface area contributed by atoms with Crippen LogP contribution >= 0.6 is 11.6 Å². The Morgan fingerprint density at radius 2 is 1.65 bits per heavy atom. The number of fused-ring (bicyclic) bond motifs is 1. The number of hydrogen-bond donors (Lipinski definition) is 0. The summed E-state index contributed by atoms with van der Waals surface area (Å²) < 4.78 is 15.1. The summed E-state index contributed by atoms with van der Waals surface area (Å²) in [6.07, 6.45) is -0.603. The van der Waals surface area contributed by atoms with Crippen LogP contribution in [0, 0.1) is 0 Å². The van der Waals surface area contributed by atoms with Gasteiger partial charge in [-0.15, -0.1) is 10.2 Å². The third kappa shape index (κ3) is 3.65. The molecule has 5 rings (SSSR count). The molecule has 1 amide bonds. The first-order chi connectivity index (χ1) is 15.1. The van der Waals surface area contributed by atoms with Crippen molar-refractivity contribution in [3.63, 3.8) is 0 Å². The first-order valence-corrected chi connectivity index (χ1v) is 10.4. The fourth-order valence-corrected chi connectivity index (χ4v) is 4.20. The van der Waals surface area contributed by atoms with Crippen LogP contribution in [0.1, 0.15) is 6.42 Å². The first-order valence-electron chi connectivity index (χ1n) is 10.1. The molecule has 31 heavy (non-hydrogen) atoms. The summed E-state index contributed by atoms with van der Waals surface area (Å²) in [7, 11) is 0. The Morgan fingerprint density at radius 1 is 1.00 bits per heavy atom. The maximum Gasteiger partial charge on any atom is 0.244 e. The van der Waals surface area contributed by atoms with Gasteiger partial charge in [-0.05, 0) is 6.42 Å². The average molecular weight is 436 g/mol. The van der Waals surface area contributed by atoms with E-state index in [-0.39, 0.29) is 19.0 Å². The topological polar surface area (TPSA) is 63.9 Å². The fraction of sp³-hybridized carbons (Fsp3) is 0.217. The first kappa shape index (κ1) is 19.6. The van der Waals surface area contributed by atoms with E-state index in [1.807, 2.05) is 60.7 Å². The third-order valence-corrected chi connectivity index (χ3v) is 5.83. The van der Waals surface area contributed by atoms with Crippen molar-refractivity contribution in [2.45, 2.75) is 19.1 Å². The van der Waals surface area contributed by atoms with Crippen LogP contribution in [0.4, 0.5) is 4.39 Å². The monoisotopic (exact) mass is 435 g/mol. The second kappa shape index (κ2) is 8.07. The Bertz CT molecular complexity index is 1250. The maximum absolute atomic E-state index is 13.6. The molecule has 156 valence electrons. The van der Waals surface area contributed by atoms with Gasteiger partial charge in [0.2, 0.25) is 5.91 Å². The third-order valence-electron chi connectivity index (χ3n) is 5.46. The predicted molar refractivity (Wildman–Crippen MR) is 117 cm³/mol. The van der Waals surface area contributed by atoms with E-state index in [1.54, 1.807) is 0 Å². The number of halogens is 2. The standard InChI is InChI=1S/C23H19ClFN5O/c24-20-19-21(15-7-3-1-4-8-15)28-30(14-18(31)29-12-11-17(25)13-29)23(19)27-26-22(20)16-9-5-2-6-10-16/h1-10,17H,11-14H2/t17-/m0/s1. The van der Waals surface area contributed by atoms with E-state index in [1.165, 1.54) is 9.58 Å². The van der Waals surface area contributed by atoms with Crippen LogP contribution in [-0.4, -0.2) is 50.0 Å². The fourth-order valence-electron chi connectivity index (χ4n) is 3.88. The lowest BCUT2D eigenvalue weighted by Gasteiger charge is -2.15. The van der Waals surface area contributed by atoms with Crippen LogP contribution in [0.2, 0.25) is 5.02 Å². The summed E-state index contributed by atoms with van der Waals surface area (Å²) in [6.45, 7) is 0.481. The summed E-state index contributed by atoms with van der Waals surface area (Å²) in [5.74, 6) is -0.200. The number of benzene rings is 2. The normalized spacial score (nSPS) is 16.2. The van der Waals surface area contributed by atoms with Gasteiger partial charge >= 0.3 is 0 Å². The SMILES string of the molecule is O=C(Cn1nc(-c2ccccc2)c2c(Cl)c(-c3ccccc3)nnc21)N1CC[C@H](F)C1. The molecule has 4 aromatic rings. The molecule has 1 aliphatic rings. The van der Waals surface area contributed by atoms with E-state index in [9.17, 15) is 9.18 Å². The predicted octanol–water partition coefficient (Wildman–Crippen LogP) is 4.38. The quantitative estimate of drug-likeness (QED) is 0.477. The van der Waals surface area contributed by atoms with Gasteiger partial charge in [-0.1, -0.05) is 72.3 Å². The summed E-state index contributed by atoms with van der Waals surface area (Å²) >= 11 is 6.83. The number of nitrogens with zero attached hydrogens (tertiary/aromatic N) is 5. The van der Waals surface area contributed by atoms with Gasteiger partial charge in [0, 0.05) is 17.7 Å². The van der Waals surface area contributed by atoms with E-state index < -0.39 is 6.17 Å². The highest BCUT2D eigenvalue weighted by Crippen LogP contribution is 2.37. The zero-order valence-corrected chi connectivity index (χ0v) is 17.3. The van der Waals surface area contributed by atoms with Crippen molar-refractivity contribution in [2.24, 2.45) is 0 Å². The molecule has 0 saturated carbocycles. The summed E-state index contributed by atoms with van der Waals surface area (Å²) in [5.41, 5.74) is 3.31. The molecule has 1 fully saturated rings. The Labute approximate surface area is 183 Å². The van der Waals surface area contributed by atoms with Crippen LogP contribution in [0.3, 0.4) is 0 Å². The van der Waals surface area contributed by atoms with Crippen molar-refractivity contribution in [1.29, 1.82) is 0 Å². The highest BCUT2D eigenvalue weighted by molar-refractivity contribution is 6.38. The van der Waals surface area contributed by atoms with Gasteiger partial charge in [0.05, 0.1) is 17.0 Å². The number of amides is 1. The molecule has 0 bridgehead atoms. The molecule has 3 heterocycles. The molecular weight excluding hydrogens is 417 g/mol. The smallest absolute Gasteiger partial charge is 0.244 e. The molecule has 1 saturated heterocycles. The minimum atomic E-state index is -0.971. The molecule has 1 atom stereocenters. The Morgan fingerprint density at radius 3 is 2.26 bits per heavy atom. The number of likely N-dealkylation sites (tertiary alicyclic amines) is 1. The van der Waals surface area contributed by atoms with E-state index >= 15 is 0 Å². The molecular formula is C23H19ClFN5O. The Kier molecular flexibility index (Phi) is 5.11. The summed E-state index contributed by atoms with van der Waals surface area (Å²) in [4.78, 5) is 14.3. The van der Waals surface area contributed by atoms with Crippen molar-refractivity contribution in [3.05, 3.63) is 65.7 Å². The molecule has 1 aliphatic heterocycles. The van der Waals surface area contributed by atoms with Gasteiger partial charge in [0.1, 0.15) is 24.1 Å². The number of carbonyl (C=O) groups excluding carboxylic acids is 1. The zero-order valence-electron chi connectivity index (χ0n) is 16.6. The van der Waals surface area contributed by atoms with Crippen molar-refractivity contribution in [3.8, 4) is 22.5 Å². The van der Waals surface area contributed by atoms with Crippen molar-refractivity contribution in [1.82, 2.24) is 24.9 Å². The van der Waals surface area contributed by atoms with E-state index in [2.05, 4.69) is 15.3 Å². The second-order valence-corrected chi connectivity index (χ2v) is 7.90. The minimum Gasteiger partial charge on any atom is -0.338 e. The second-order valence-electron chi connectivity index (χ2n) is 7.53. The minimum absolute atomic E-state index is 0.0499. The molecule has 0 N–H and O–H groups in total. The number of alkyl halides is 1. The molecule has 2 aromatic carbocycles. The van der Waals surface area contributed by atoms with E-state index in [0.717, 1.165) is 11.1 Å². The average Bonchev–Trinajstić information content (AvgIpc) is 3.40. The van der Waals surface area contributed by atoms with Crippen LogP contribution in [0.5, 0.6) is 0 Å². The molecule has 8 heteroatoms. The largest absolute Gasteiger partial charge is 0.338 e. The van der Waals surface area contributed by atoms with Crippen molar-refractivity contribution in [2.75, 3.05) is 13.1 Å². The van der Waals surface area contributed by atoms with Crippen LogP contribution in [0.25, 0.3) is 33.5 Å². The van der Waals surface area contributed by atoms with E-state index in [0.29, 0.717) is 40.4 Å². The molecule has 0 radical (unpaired) electrons. The number of aromatic nitrogens is 4. The molecule has 2 aromatic heterocycles. The Hall–Kier alpha value is -3.32. The van der Waals surface area contributed by atoms with Crippen molar-refractivity contribution >= 4 is 28.5 Å². The molecule has 0 unspecified atom stereocenters. The van der Waals surface area contributed by atoms with Crippen LogP contribution in [0.15, 0.2) is 60.7 Å². The van der Waals surface area contributed by atoms with Crippen LogP contribution < -0.4 is 0 Å². The van der Waals surface area contributed by atoms with Crippen molar-refractivity contribution < 1.29 is 9.18 Å². The molecule has 0 aliphatic carbocycles. The van der Waals surface area contributed by atoms with Gasteiger partial charge < -0.3 is 4.90 Å². The number of hydrogen-bond acceptors (Lipinski definition) is 4. The van der Waals surface area contributed by atoms with Gasteiger partial charge in [0.15, 0.2) is 5.65 Å². The summed E-state index contributed by atoms with van der Waals surface area (Å²) in [6, 6.07) is 19.2. The lowest BCUT2D eigenvalue weighted by molar-refractivity contribution is -0.131. The Balaban J connectivity index is 1.64. The van der Waals surface area contributed by atoms with Gasteiger partial charge in [-0.3, -0.25) is 4.79 Å². The highest BCUT2D eigenvalue weighted by atomic mass is 35.5.